The van der Waals surface area contributed by atoms with Gasteiger partial charge in [0.1, 0.15) is 5.69 Å². The monoisotopic (exact) mass is 395 g/mol. The lowest BCUT2D eigenvalue weighted by Gasteiger charge is -2.34. The van der Waals surface area contributed by atoms with Crippen LogP contribution in [0.3, 0.4) is 0 Å². The van der Waals surface area contributed by atoms with Gasteiger partial charge < -0.3 is 15.1 Å². The average molecular weight is 396 g/mol. The van der Waals surface area contributed by atoms with Gasteiger partial charge in [-0.25, -0.2) is 19.9 Å². The van der Waals surface area contributed by atoms with Crippen LogP contribution in [0.4, 0.5) is 17.6 Å². The van der Waals surface area contributed by atoms with Crippen LogP contribution in [-0.4, -0.2) is 52.0 Å². The molecule has 3 aromatic rings. The van der Waals surface area contributed by atoms with Gasteiger partial charge in [-0.15, -0.1) is 0 Å². The second kappa shape index (κ2) is 8.18. The van der Waals surface area contributed by atoms with Crippen molar-refractivity contribution in [3.05, 3.63) is 65.7 Å². The van der Waals surface area contributed by atoms with E-state index < -0.39 is 0 Å². The van der Waals surface area contributed by atoms with Crippen LogP contribution in [0.1, 0.15) is 10.5 Å². The molecular formula is C19H18ClN7O. The van der Waals surface area contributed by atoms with Crippen LogP contribution in [-0.2, 0) is 0 Å². The minimum atomic E-state index is -0.326. The zero-order chi connectivity index (χ0) is 19.3. The highest BCUT2D eigenvalue weighted by molar-refractivity contribution is 6.33. The number of anilines is 3. The lowest BCUT2D eigenvalue weighted by atomic mass is 10.3. The fourth-order valence-electron chi connectivity index (χ4n) is 2.94. The van der Waals surface area contributed by atoms with Crippen molar-refractivity contribution in [3.63, 3.8) is 0 Å². The van der Waals surface area contributed by atoms with Gasteiger partial charge in [-0.3, -0.25) is 4.79 Å². The Labute approximate surface area is 167 Å². The maximum Gasteiger partial charge on any atom is 0.274 e. The third-order valence-electron chi connectivity index (χ3n) is 4.40. The highest BCUT2D eigenvalue weighted by Gasteiger charge is 2.21. The molecule has 1 fully saturated rings. The van der Waals surface area contributed by atoms with Gasteiger partial charge in [-0.05, 0) is 24.3 Å². The molecule has 0 radical (unpaired) electrons. The predicted molar refractivity (Wildman–Crippen MR) is 108 cm³/mol. The molecule has 1 aliphatic rings. The zero-order valence-electron chi connectivity index (χ0n) is 15.0. The molecule has 0 unspecified atom stereocenters. The normalized spacial score (nSPS) is 14.0. The van der Waals surface area contributed by atoms with Gasteiger partial charge in [0.05, 0.1) is 10.7 Å². The highest BCUT2D eigenvalue weighted by Crippen LogP contribution is 2.21. The van der Waals surface area contributed by atoms with Crippen LogP contribution >= 0.6 is 11.6 Å². The summed E-state index contributed by atoms with van der Waals surface area (Å²) in [6.07, 6.45) is 5.06. The van der Waals surface area contributed by atoms with Crippen LogP contribution in [0.25, 0.3) is 0 Å². The maximum absolute atomic E-state index is 12.5. The third-order valence-corrected chi connectivity index (χ3v) is 4.72. The van der Waals surface area contributed by atoms with Crippen LogP contribution in [0.15, 0.2) is 55.0 Å². The number of benzene rings is 1. The van der Waals surface area contributed by atoms with Crippen LogP contribution < -0.4 is 15.1 Å². The Kier molecular flexibility index (Phi) is 5.29. The first-order valence-electron chi connectivity index (χ1n) is 8.86. The Morgan fingerprint density at radius 3 is 2.21 bits per heavy atom. The molecule has 142 valence electrons. The summed E-state index contributed by atoms with van der Waals surface area (Å²) >= 11 is 6.10. The minimum absolute atomic E-state index is 0.291. The maximum atomic E-state index is 12.5. The summed E-state index contributed by atoms with van der Waals surface area (Å²) in [7, 11) is 0. The van der Waals surface area contributed by atoms with E-state index in [0.717, 1.165) is 19.0 Å². The van der Waals surface area contributed by atoms with E-state index in [1.165, 1.54) is 0 Å². The third kappa shape index (κ3) is 4.01. The number of nitrogens with one attached hydrogen (secondary N) is 1. The summed E-state index contributed by atoms with van der Waals surface area (Å²) in [6.45, 7) is 2.94. The molecule has 1 saturated heterocycles. The molecule has 4 rings (SSSR count). The standard InChI is InChI=1S/C19H18ClN7O/c20-14-4-1-2-5-15(14)24-17(28)16-6-9-23-19(25-16)27-12-10-26(11-13-27)18-21-7-3-8-22-18/h1-9H,10-13H2,(H,24,28). The fraction of sp³-hybridized carbons (Fsp3) is 0.211. The van der Waals surface area contributed by atoms with Gasteiger partial charge in [0.15, 0.2) is 0 Å². The smallest absolute Gasteiger partial charge is 0.274 e. The van der Waals surface area contributed by atoms with Crippen molar-refractivity contribution in [3.8, 4) is 0 Å². The van der Waals surface area contributed by atoms with E-state index in [0.29, 0.717) is 35.4 Å². The molecule has 28 heavy (non-hydrogen) atoms. The van der Waals surface area contributed by atoms with Crippen molar-refractivity contribution in [2.45, 2.75) is 0 Å². The van der Waals surface area contributed by atoms with E-state index in [9.17, 15) is 4.79 Å². The number of rotatable bonds is 4. The molecular weight excluding hydrogens is 378 g/mol. The summed E-state index contributed by atoms with van der Waals surface area (Å²) in [5, 5.41) is 3.26. The number of aromatic nitrogens is 4. The summed E-state index contributed by atoms with van der Waals surface area (Å²) in [5.41, 5.74) is 0.838. The first-order valence-corrected chi connectivity index (χ1v) is 9.24. The lowest BCUT2D eigenvalue weighted by Crippen LogP contribution is -2.47. The van der Waals surface area contributed by atoms with Crippen molar-refractivity contribution >= 4 is 35.1 Å². The van der Waals surface area contributed by atoms with Crippen molar-refractivity contribution in [1.82, 2.24) is 19.9 Å². The van der Waals surface area contributed by atoms with Gasteiger partial charge in [-0.1, -0.05) is 23.7 Å². The Hall–Kier alpha value is -3.26. The SMILES string of the molecule is O=C(Nc1ccccc1Cl)c1ccnc(N2CCN(c3ncccn3)CC2)n1. The zero-order valence-corrected chi connectivity index (χ0v) is 15.8. The van der Waals surface area contributed by atoms with E-state index >= 15 is 0 Å². The Morgan fingerprint density at radius 2 is 1.50 bits per heavy atom. The molecule has 1 N–H and O–H groups in total. The van der Waals surface area contributed by atoms with Gasteiger partial charge in [0.2, 0.25) is 11.9 Å². The molecule has 8 nitrogen and oxygen atoms in total. The molecule has 0 saturated carbocycles. The summed E-state index contributed by atoms with van der Waals surface area (Å²) in [5.74, 6) is 0.921. The largest absolute Gasteiger partial charge is 0.337 e. The van der Waals surface area contributed by atoms with Crippen molar-refractivity contribution in [2.24, 2.45) is 0 Å². The van der Waals surface area contributed by atoms with E-state index in [1.807, 2.05) is 11.0 Å². The second-order valence-electron chi connectivity index (χ2n) is 6.20. The molecule has 0 atom stereocenters. The number of carbonyl (C=O) groups excluding carboxylic acids is 1. The fourth-order valence-corrected chi connectivity index (χ4v) is 3.12. The molecule has 1 aromatic carbocycles. The van der Waals surface area contributed by atoms with Gasteiger partial charge >= 0.3 is 0 Å². The van der Waals surface area contributed by atoms with E-state index in [4.69, 9.17) is 11.6 Å². The van der Waals surface area contributed by atoms with Gasteiger partial charge in [0, 0.05) is 44.8 Å². The van der Waals surface area contributed by atoms with E-state index in [2.05, 4.69) is 30.2 Å². The molecule has 0 spiro atoms. The molecule has 1 aliphatic heterocycles. The molecule has 9 heteroatoms. The second-order valence-corrected chi connectivity index (χ2v) is 6.61. The highest BCUT2D eigenvalue weighted by atomic mass is 35.5. The quantitative estimate of drug-likeness (QED) is 0.726. The first-order chi connectivity index (χ1) is 13.7. The van der Waals surface area contributed by atoms with Crippen molar-refractivity contribution in [1.29, 1.82) is 0 Å². The Bertz CT molecular complexity index is 961. The predicted octanol–water partition coefficient (Wildman–Crippen LogP) is 2.50. The van der Waals surface area contributed by atoms with Gasteiger partial charge in [-0.2, -0.15) is 0 Å². The average Bonchev–Trinajstić information content (AvgIpc) is 2.76. The Morgan fingerprint density at radius 1 is 0.857 bits per heavy atom. The Balaban J connectivity index is 1.43. The van der Waals surface area contributed by atoms with Crippen molar-refractivity contribution < 1.29 is 4.79 Å². The lowest BCUT2D eigenvalue weighted by molar-refractivity contribution is 0.102. The molecule has 1 amide bonds. The van der Waals surface area contributed by atoms with Gasteiger partial charge in [0.25, 0.3) is 5.91 Å². The summed E-state index contributed by atoms with van der Waals surface area (Å²) in [6, 6.07) is 10.5. The number of piperazine rings is 1. The minimum Gasteiger partial charge on any atom is -0.337 e. The number of para-hydroxylation sites is 1. The number of hydrogen-bond acceptors (Lipinski definition) is 7. The first kappa shape index (κ1) is 18.1. The molecule has 3 heterocycles. The number of halogens is 1. The summed E-state index contributed by atoms with van der Waals surface area (Å²) < 4.78 is 0. The van der Waals surface area contributed by atoms with E-state index in [1.54, 1.807) is 48.9 Å². The number of nitrogens with zero attached hydrogens (tertiary/aromatic N) is 6. The topological polar surface area (TPSA) is 87.1 Å². The molecule has 0 aliphatic carbocycles. The van der Waals surface area contributed by atoms with Crippen LogP contribution in [0, 0.1) is 0 Å². The number of carbonyl (C=O) groups is 1. The van der Waals surface area contributed by atoms with Crippen LogP contribution in [0.5, 0.6) is 0 Å². The summed E-state index contributed by atoms with van der Waals surface area (Å²) in [4.78, 5) is 34.0. The number of hydrogen-bond donors (Lipinski definition) is 1. The molecule has 0 bridgehead atoms. The van der Waals surface area contributed by atoms with Crippen LogP contribution in [0.2, 0.25) is 5.02 Å². The number of amides is 1. The van der Waals surface area contributed by atoms with Crippen molar-refractivity contribution in [2.75, 3.05) is 41.3 Å². The van der Waals surface area contributed by atoms with E-state index in [-0.39, 0.29) is 5.91 Å². The molecule has 2 aromatic heterocycles.